The van der Waals surface area contributed by atoms with Crippen molar-refractivity contribution in [3.05, 3.63) is 88.7 Å². The van der Waals surface area contributed by atoms with Crippen molar-refractivity contribution in [1.29, 1.82) is 5.41 Å². The lowest BCUT2D eigenvalue weighted by Crippen LogP contribution is -2.37. The van der Waals surface area contributed by atoms with Crippen LogP contribution in [-0.4, -0.2) is 24.8 Å². The molecule has 0 spiro atoms. The van der Waals surface area contributed by atoms with Gasteiger partial charge in [0.1, 0.15) is 17.6 Å². The second-order valence-corrected chi connectivity index (χ2v) is 9.48. The second kappa shape index (κ2) is 11.2. The average Bonchev–Trinajstić information content (AvgIpc) is 3.28. The molecular formula is C29H29F4N3O2. The van der Waals surface area contributed by atoms with Gasteiger partial charge in [0.2, 0.25) is 0 Å². The van der Waals surface area contributed by atoms with Crippen LogP contribution in [0.15, 0.2) is 60.7 Å². The topological polar surface area (TPSA) is 65.4 Å². The van der Waals surface area contributed by atoms with E-state index < -0.39 is 29.5 Å². The number of fused-ring (bicyclic) bond motifs is 1. The molecule has 5 nitrogen and oxygen atoms in total. The number of rotatable bonds is 9. The Bertz CT molecular complexity index is 1320. The van der Waals surface area contributed by atoms with Gasteiger partial charge in [-0.25, -0.2) is 4.39 Å². The van der Waals surface area contributed by atoms with E-state index in [1.807, 2.05) is 19.1 Å². The van der Waals surface area contributed by atoms with Crippen molar-refractivity contribution in [2.24, 2.45) is 0 Å². The fourth-order valence-electron chi connectivity index (χ4n) is 4.49. The Morgan fingerprint density at radius 2 is 1.84 bits per heavy atom. The first-order valence-electron chi connectivity index (χ1n) is 12.3. The van der Waals surface area contributed by atoms with E-state index in [2.05, 4.69) is 5.32 Å². The monoisotopic (exact) mass is 527 g/mol. The fraction of sp³-hybridized carbons (Fsp3) is 0.310. The number of hydrogen-bond acceptors (Lipinski definition) is 4. The third-order valence-corrected chi connectivity index (χ3v) is 6.35. The Morgan fingerprint density at radius 3 is 2.53 bits per heavy atom. The zero-order valence-corrected chi connectivity index (χ0v) is 21.2. The summed E-state index contributed by atoms with van der Waals surface area (Å²) in [5.74, 6) is -0.324. The zero-order chi connectivity index (χ0) is 27.4. The van der Waals surface area contributed by atoms with Crippen molar-refractivity contribution in [2.45, 2.75) is 45.3 Å². The van der Waals surface area contributed by atoms with Crippen LogP contribution in [0.5, 0.6) is 5.75 Å². The Kier molecular flexibility index (Phi) is 8.04. The van der Waals surface area contributed by atoms with E-state index in [0.29, 0.717) is 54.1 Å². The first-order chi connectivity index (χ1) is 18.0. The Morgan fingerprint density at radius 1 is 1.11 bits per heavy atom. The number of ether oxygens (including phenoxy) is 1. The van der Waals surface area contributed by atoms with Crippen LogP contribution in [0, 0.1) is 18.2 Å². The van der Waals surface area contributed by atoms with E-state index in [-0.39, 0.29) is 12.2 Å². The maximum absolute atomic E-state index is 13.8. The molecule has 3 aromatic rings. The SMILES string of the molecule is CC(=N)CCCOc1cc(C)cc(NC(C(=O)N2CCc3ccc(C(F)(F)F)cc32)c2ccc(F)cc2)c1. The molecule has 1 heterocycles. The molecule has 200 valence electrons. The van der Waals surface area contributed by atoms with E-state index in [1.165, 1.54) is 35.2 Å². The van der Waals surface area contributed by atoms with E-state index in [0.717, 1.165) is 17.7 Å². The summed E-state index contributed by atoms with van der Waals surface area (Å²) in [4.78, 5) is 15.2. The molecule has 0 fully saturated rings. The molecule has 4 rings (SSSR count). The van der Waals surface area contributed by atoms with Gasteiger partial charge in [0.05, 0.1) is 12.2 Å². The number of aryl methyl sites for hydroxylation is 1. The molecule has 0 aliphatic carbocycles. The van der Waals surface area contributed by atoms with E-state index in [1.54, 1.807) is 13.0 Å². The van der Waals surface area contributed by atoms with Crippen LogP contribution >= 0.6 is 0 Å². The minimum Gasteiger partial charge on any atom is -0.493 e. The lowest BCUT2D eigenvalue weighted by Gasteiger charge is -2.27. The molecule has 1 aliphatic rings. The highest BCUT2D eigenvalue weighted by atomic mass is 19.4. The van der Waals surface area contributed by atoms with Gasteiger partial charge in [0.15, 0.2) is 0 Å². The van der Waals surface area contributed by atoms with Gasteiger partial charge in [0, 0.05) is 29.7 Å². The first-order valence-corrected chi connectivity index (χ1v) is 12.3. The van der Waals surface area contributed by atoms with Crippen LogP contribution in [0.25, 0.3) is 0 Å². The lowest BCUT2D eigenvalue weighted by atomic mass is 10.0. The summed E-state index contributed by atoms with van der Waals surface area (Å²) in [5.41, 5.74) is 2.58. The molecule has 0 saturated heterocycles. The van der Waals surface area contributed by atoms with Crippen LogP contribution in [0.3, 0.4) is 0 Å². The second-order valence-electron chi connectivity index (χ2n) is 9.48. The number of carbonyl (C=O) groups excluding carboxylic acids is 1. The molecule has 0 saturated carbocycles. The average molecular weight is 528 g/mol. The predicted octanol–water partition coefficient (Wildman–Crippen LogP) is 7.09. The number of alkyl halides is 3. The van der Waals surface area contributed by atoms with Crippen molar-refractivity contribution in [1.82, 2.24) is 0 Å². The molecule has 1 unspecified atom stereocenters. The molecule has 9 heteroatoms. The number of halogens is 4. The van der Waals surface area contributed by atoms with Gasteiger partial charge < -0.3 is 20.4 Å². The predicted molar refractivity (Wildman–Crippen MR) is 140 cm³/mol. The molecular weight excluding hydrogens is 498 g/mol. The third-order valence-electron chi connectivity index (χ3n) is 6.35. The standard InChI is InChI=1S/C29H29F4N3O2/c1-18-14-24(17-25(15-18)38-13-3-4-19(2)34)35-27(21-6-9-23(30)10-7-21)28(37)36-12-11-20-5-8-22(16-26(20)36)29(31,32)33/h5-10,14-17,27,34-35H,3-4,11-13H2,1-2H3. The van der Waals surface area contributed by atoms with Crippen molar-refractivity contribution >= 4 is 23.0 Å². The summed E-state index contributed by atoms with van der Waals surface area (Å²) in [5, 5.41) is 10.7. The van der Waals surface area contributed by atoms with Crippen molar-refractivity contribution < 1.29 is 27.1 Å². The highest BCUT2D eigenvalue weighted by Crippen LogP contribution is 2.38. The first kappa shape index (κ1) is 27.2. The summed E-state index contributed by atoms with van der Waals surface area (Å²) >= 11 is 0. The largest absolute Gasteiger partial charge is 0.493 e. The molecule has 2 N–H and O–H groups in total. The number of nitrogens with zero attached hydrogens (tertiary/aromatic N) is 1. The maximum Gasteiger partial charge on any atom is 0.416 e. The molecule has 1 aliphatic heterocycles. The van der Waals surface area contributed by atoms with E-state index >= 15 is 0 Å². The van der Waals surface area contributed by atoms with Crippen LogP contribution < -0.4 is 15.0 Å². The van der Waals surface area contributed by atoms with E-state index in [9.17, 15) is 22.4 Å². The molecule has 1 amide bonds. The summed E-state index contributed by atoms with van der Waals surface area (Å²) in [6, 6.07) is 13.4. The van der Waals surface area contributed by atoms with Crippen LogP contribution in [-0.2, 0) is 17.4 Å². The van der Waals surface area contributed by atoms with Gasteiger partial charge in [-0.15, -0.1) is 0 Å². The Hall–Kier alpha value is -3.88. The number of amides is 1. The summed E-state index contributed by atoms with van der Waals surface area (Å²) < 4.78 is 59.7. The van der Waals surface area contributed by atoms with E-state index in [4.69, 9.17) is 10.1 Å². The molecule has 0 aromatic heterocycles. The van der Waals surface area contributed by atoms with Crippen LogP contribution in [0.2, 0.25) is 0 Å². The minimum absolute atomic E-state index is 0.230. The minimum atomic E-state index is -4.53. The quantitative estimate of drug-likeness (QED) is 0.177. The maximum atomic E-state index is 13.8. The van der Waals surface area contributed by atoms with Gasteiger partial charge in [-0.05, 0) is 86.2 Å². The van der Waals surface area contributed by atoms with Crippen molar-refractivity contribution in [2.75, 3.05) is 23.4 Å². The Balaban J connectivity index is 1.63. The van der Waals surface area contributed by atoms with Crippen LogP contribution in [0.4, 0.5) is 28.9 Å². The highest BCUT2D eigenvalue weighted by Gasteiger charge is 2.36. The summed E-state index contributed by atoms with van der Waals surface area (Å²) in [6.45, 7) is 4.28. The molecule has 3 aromatic carbocycles. The summed E-state index contributed by atoms with van der Waals surface area (Å²) in [6.07, 6.45) is -2.77. The van der Waals surface area contributed by atoms with Gasteiger partial charge in [-0.1, -0.05) is 18.2 Å². The number of nitrogens with one attached hydrogen (secondary N) is 2. The van der Waals surface area contributed by atoms with Gasteiger partial charge in [-0.2, -0.15) is 13.2 Å². The smallest absolute Gasteiger partial charge is 0.416 e. The number of hydrogen-bond donors (Lipinski definition) is 2. The zero-order valence-electron chi connectivity index (χ0n) is 21.2. The number of anilines is 2. The van der Waals surface area contributed by atoms with Gasteiger partial charge in [-0.3, -0.25) is 4.79 Å². The Labute approximate surface area is 218 Å². The third kappa shape index (κ3) is 6.51. The molecule has 38 heavy (non-hydrogen) atoms. The van der Waals surface area contributed by atoms with Crippen molar-refractivity contribution in [3.63, 3.8) is 0 Å². The molecule has 0 bridgehead atoms. The molecule has 0 radical (unpaired) electrons. The highest BCUT2D eigenvalue weighted by molar-refractivity contribution is 6.01. The molecule has 1 atom stereocenters. The lowest BCUT2D eigenvalue weighted by molar-refractivity contribution is -0.137. The van der Waals surface area contributed by atoms with Gasteiger partial charge >= 0.3 is 6.18 Å². The van der Waals surface area contributed by atoms with Crippen molar-refractivity contribution in [3.8, 4) is 5.75 Å². The summed E-state index contributed by atoms with van der Waals surface area (Å²) in [7, 11) is 0. The van der Waals surface area contributed by atoms with Gasteiger partial charge in [0.25, 0.3) is 5.91 Å². The van der Waals surface area contributed by atoms with Crippen LogP contribution in [0.1, 0.15) is 48.1 Å². The number of carbonyl (C=O) groups is 1. The number of benzene rings is 3. The normalized spacial score (nSPS) is 13.7. The fourth-order valence-corrected chi connectivity index (χ4v) is 4.49.